The number of benzene rings is 2. The number of nitrogens with two attached hydrogens (primary N) is 1. The molecule has 3 N–H and O–H groups in total. The van der Waals surface area contributed by atoms with Gasteiger partial charge in [0.2, 0.25) is 0 Å². The van der Waals surface area contributed by atoms with Crippen LogP contribution < -0.4 is 11.1 Å². The molecule has 0 heterocycles. The second kappa shape index (κ2) is 8.18. The Labute approximate surface area is 148 Å². The van der Waals surface area contributed by atoms with Crippen molar-refractivity contribution in [1.29, 1.82) is 0 Å². The highest BCUT2D eigenvalue weighted by Gasteiger charge is 2.22. The zero-order valence-electron chi connectivity index (χ0n) is 14.3. The molecule has 0 atom stereocenters. The number of hydrogen-bond donors (Lipinski definition) is 2. The van der Waals surface area contributed by atoms with Gasteiger partial charge in [-0.2, -0.15) is 0 Å². The number of guanidine groups is 1. The zero-order valence-corrected chi connectivity index (χ0v) is 15.1. The molecule has 0 unspecified atom stereocenters. The normalized spacial score (nSPS) is 12.2. The van der Waals surface area contributed by atoms with Gasteiger partial charge in [0.05, 0.1) is 13.2 Å². The number of halogens is 1. The van der Waals surface area contributed by atoms with Crippen LogP contribution >= 0.6 is 11.6 Å². The number of para-hydroxylation sites is 1. The maximum Gasteiger partial charge on any atom is 0.193 e. The third-order valence-electron chi connectivity index (χ3n) is 3.83. The van der Waals surface area contributed by atoms with Gasteiger partial charge >= 0.3 is 0 Å². The summed E-state index contributed by atoms with van der Waals surface area (Å²) in [6.45, 7) is 5.25. The molecule has 4 nitrogen and oxygen atoms in total. The molecule has 0 aromatic heterocycles. The van der Waals surface area contributed by atoms with Crippen molar-refractivity contribution in [2.24, 2.45) is 10.7 Å². The fraction of sp³-hybridized carbons (Fsp3) is 0.316. The molecular formula is C19H24ClN3O. The summed E-state index contributed by atoms with van der Waals surface area (Å²) in [5, 5.41) is 3.89. The minimum atomic E-state index is -0.212. The molecule has 0 saturated heterocycles. The Hall–Kier alpha value is -2.04. The van der Waals surface area contributed by atoms with E-state index >= 15 is 0 Å². The Morgan fingerprint density at radius 3 is 2.54 bits per heavy atom. The van der Waals surface area contributed by atoms with E-state index in [1.54, 1.807) is 7.11 Å². The van der Waals surface area contributed by atoms with Crippen LogP contribution in [0.5, 0.6) is 0 Å². The molecule has 0 spiro atoms. The fourth-order valence-corrected chi connectivity index (χ4v) is 2.87. The van der Waals surface area contributed by atoms with Gasteiger partial charge in [-0.05, 0) is 17.7 Å². The van der Waals surface area contributed by atoms with E-state index in [0.29, 0.717) is 19.1 Å². The highest BCUT2D eigenvalue weighted by Crippen LogP contribution is 2.29. The van der Waals surface area contributed by atoms with Gasteiger partial charge in [0.15, 0.2) is 5.96 Å². The number of nitrogens with one attached hydrogen (secondary N) is 1. The van der Waals surface area contributed by atoms with Crippen LogP contribution in [0.25, 0.3) is 0 Å². The first-order valence-corrected chi connectivity index (χ1v) is 8.20. The monoisotopic (exact) mass is 345 g/mol. The Morgan fingerprint density at radius 2 is 1.83 bits per heavy atom. The van der Waals surface area contributed by atoms with E-state index in [-0.39, 0.29) is 5.41 Å². The van der Waals surface area contributed by atoms with Crippen molar-refractivity contribution in [2.75, 3.05) is 19.0 Å². The van der Waals surface area contributed by atoms with E-state index in [1.165, 1.54) is 0 Å². The zero-order chi connectivity index (χ0) is 17.6. The summed E-state index contributed by atoms with van der Waals surface area (Å²) in [7, 11) is 1.67. The van der Waals surface area contributed by atoms with Crippen molar-refractivity contribution in [3.63, 3.8) is 0 Å². The molecule has 0 bridgehead atoms. The molecule has 0 saturated carbocycles. The van der Waals surface area contributed by atoms with Gasteiger partial charge in [0, 0.05) is 28.8 Å². The van der Waals surface area contributed by atoms with Crippen LogP contribution in [0, 0.1) is 0 Å². The molecule has 0 fully saturated rings. The number of hydrogen-bond acceptors (Lipinski definition) is 2. The average molecular weight is 346 g/mol. The van der Waals surface area contributed by atoms with Gasteiger partial charge in [0.25, 0.3) is 0 Å². The molecule has 0 aliphatic rings. The van der Waals surface area contributed by atoms with Gasteiger partial charge in [-0.3, -0.25) is 4.99 Å². The second-order valence-electron chi connectivity index (χ2n) is 6.28. The van der Waals surface area contributed by atoms with Crippen LogP contribution in [0.4, 0.5) is 5.69 Å². The lowest BCUT2D eigenvalue weighted by Crippen LogP contribution is -2.28. The number of rotatable bonds is 6. The highest BCUT2D eigenvalue weighted by molar-refractivity contribution is 6.31. The summed E-state index contributed by atoms with van der Waals surface area (Å²) in [4.78, 5) is 4.49. The molecule has 0 aliphatic carbocycles. The van der Waals surface area contributed by atoms with E-state index in [9.17, 15) is 0 Å². The predicted octanol–water partition coefficient (Wildman–Crippen LogP) is 4.19. The van der Waals surface area contributed by atoms with Crippen LogP contribution in [0.3, 0.4) is 0 Å². The Balaban J connectivity index is 2.10. The maximum absolute atomic E-state index is 6.30. The van der Waals surface area contributed by atoms with Crippen molar-refractivity contribution in [2.45, 2.75) is 25.9 Å². The maximum atomic E-state index is 6.30. The van der Waals surface area contributed by atoms with Crippen molar-refractivity contribution >= 4 is 23.2 Å². The lowest BCUT2D eigenvalue weighted by Gasteiger charge is -2.24. The summed E-state index contributed by atoms with van der Waals surface area (Å²) >= 11 is 6.30. The van der Waals surface area contributed by atoms with Crippen molar-refractivity contribution < 1.29 is 4.74 Å². The van der Waals surface area contributed by atoms with Crippen LogP contribution in [0.2, 0.25) is 5.02 Å². The standard InChI is InChI=1S/C19H24ClN3O/c1-19(2,15-9-5-6-10-16(15)20)13-22-18(21)23-17-11-7-4-8-14(17)12-24-3/h4-11H,12-13H2,1-3H3,(H3,21,22,23). The molecule has 2 aromatic carbocycles. The Morgan fingerprint density at radius 1 is 1.17 bits per heavy atom. The molecule has 5 heteroatoms. The smallest absolute Gasteiger partial charge is 0.193 e. The van der Waals surface area contributed by atoms with Crippen molar-refractivity contribution in [3.05, 3.63) is 64.7 Å². The van der Waals surface area contributed by atoms with Gasteiger partial charge in [0.1, 0.15) is 0 Å². The summed E-state index contributed by atoms with van der Waals surface area (Å²) in [6, 6.07) is 15.7. The van der Waals surface area contributed by atoms with Crippen LogP contribution in [-0.4, -0.2) is 19.6 Å². The molecule has 24 heavy (non-hydrogen) atoms. The van der Waals surface area contributed by atoms with E-state index in [0.717, 1.165) is 21.8 Å². The van der Waals surface area contributed by atoms with E-state index in [1.807, 2.05) is 48.5 Å². The SMILES string of the molecule is COCc1ccccc1NC(N)=NCC(C)(C)c1ccccc1Cl. The molecule has 0 aliphatic heterocycles. The number of methoxy groups -OCH3 is 1. The van der Waals surface area contributed by atoms with Gasteiger partial charge in [-0.25, -0.2) is 0 Å². The Bertz CT molecular complexity index is 713. The van der Waals surface area contributed by atoms with Crippen LogP contribution in [0.1, 0.15) is 25.0 Å². The summed E-state index contributed by atoms with van der Waals surface area (Å²) in [6.07, 6.45) is 0. The topological polar surface area (TPSA) is 59.6 Å². The quantitative estimate of drug-likeness (QED) is 0.609. The second-order valence-corrected chi connectivity index (χ2v) is 6.69. The minimum Gasteiger partial charge on any atom is -0.380 e. The van der Waals surface area contributed by atoms with E-state index in [2.05, 4.69) is 24.2 Å². The number of aliphatic imine (C=N–C) groups is 1. The molecule has 128 valence electrons. The summed E-state index contributed by atoms with van der Waals surface area (Å²) in [5.74, 6) is 0.374. The third kappa shape index (κ3) is 4.73. The molecule has 0 radical (unpaired) electrons. The van der Waals surface area contributed by atoms with Crippen LogP contribution in [-0.2, 0) is 16.8 Å². The van der Waals surface area contributed by atoms with E-state index in [4.69, 9.17) is 22.1 Å². The lowest BCUT2D eigenvalue weighted by atomic mass is 9.85. The first kappa shape index (κ1) is 18.3. The largest absolute Gasteiger partial charge is 0.380 e. The van der Waals surface area contributed by atoms with Crippen molar-refractivity contribution in [3.8, 4) is 0 Å². The molecule has 2 rings (SSSR count). The first-order valence-electron chi connectivity index (χ1n) is 7.83. The lowest BCUT2D eigenvalue weighted by molar-refractivity contribution is 0.185. The molecular weight excluding hydrogens is 322 g/mol. The number of anilines is 1. The third-order valence-corrected chi connectivity index (χ3v) is 4.16. The fourth-order valence-electron chi connectivity index (χ4n) is 2.48. The van der Waals surface area contributed by atoms with E-state index < -0.39 is 0 Å². The van der Waals surface area contributed by atoms with Gasteiger partial charge < -0.3 is 15.8 Å². The summed E-state index contributed by atoms with van der Waals surface area (Å²) < 4.78 is 5.20. The molecule has 0 amide bonds. The Kier molecular flexibility index (Phi) is 6.23. The average Bonchev–Trinajstić information content (AvgIpc) is 2.55. The number of ether oxygens (including phenoxy) is 1. The highest BCUT2D eigenvalue weighted by atomic mass is 35.5. The van der Waals surface area contributed by atoms with Gasteiger partial charge in [-0.15, -0.1) is 0 Å². The van der Waals surface area contributed by atoms with Gasteiger partial charge in [-0.1, -0.05) is 61.8 Å². The summed E-state index contributed by atoms with van der Waals surface area (Å²) in [5.41, 5.74) is 8.84. The molecule has 2 aromatic rings. The van der Waals surface area contributed by atoms with Crippen molar-refractivity contribution in [1.82, 2.24) is 0 Å². The minimum absolute atomic E-state index is 0.212. The van der Waals surface area contributed by atoms with Crippen LogP contribution in [0.15, 0.2) is 53.5 Å². The number of nitrogens with zero attached hydrogens (tertiary/aromatic N) is 1. The predicted molar refractivity (Wildman–Crippen MR) is 102 cm³/mol. The first-order chi connectivity index (χ1) is 11.4.